The summed E-state index contributed by atoms with van der Waals surface area (Å²) >= 11 is 0. The van der Waals surface area contributed by atoms with Gasteiger partial charge in [0.15, 0.2) is 0 Å². The minimum atomic E-state index is 0.385. The van der Waals surface area contributed by atoms with Crippen LogP contribution < -0.4 is 10.1 Å². The quantitative estimate of drug-likeness (QED) is 0.848. The SMILES string of the molecule is CNc1ccnc(OCc2ccccc2)n1. The predicted octanol–water partition coefficient (Wildman–Crippen LogP) is 2.10. The second-order valence-corrected chi connectivity index (χ2v) is 3.25. The van der Waals surface area contributed by atoms with Crippen molar-refractivity contribution in [1.82, 2.24) is 9.97 Å². The molecule has 2 rings (SSSR count). The largest absolute Gasteiger partial charge is 0.459 e. The van der Waals surface area contributed by atoms with Crippen molar-refractivity contribution < 1.29 is 4.74 Å². The lowest BCUT2D eigenvalue weighted by Gasteiger charge is -2.05. The molecule has 0 spiro atoms. The fraction of sp³-hybridized carbons (Fsp3) is 0.167. The van der Waals surface area contributed by atoms with E-state index in [4.69, 9.17) is 4.74 Å². The van der Waals surface area contributed by atoms with E-state index in [0.29, 0.717) is 12.6 Å². The van der Waals surface area contributed by atoms with Crippen LogP contribution in [0.3, 0.4) is 0 Å². The van der Waals surface area contributed by atoms with E-state index < -0.39 is 0 Å². The van der Waals surface area contributed by atoms with Crippen LogP contribution in [0.15, 0.2) is 42.6 Å². The molecule has 82 valence electrons. The third kappa shape index (κ3) is 2.70. The fourth-order valence-corrected chi connectivity index (χ4v) is 1.27. The standard InChI is InChI=1S/C12H13N3O/c1-13-11-7-8-14-12(15-11)16-9-10-5-3-2-4-6-10/h2-8H,9H2,1H3,(H,13,14,15). The first-order valence-electron chi connectivity index (χ1n) is 5.06. The maximum absolute atomic E-state index is 5.47. The van der Waals surface area contributed by atoms with Crippen LogP contribution in [0.4, 0.5) is 5.82 Å². The van der Waals surface area contributed by atoms with Crippen molar-refractivity contribution in [2.24, 2.45) is 0 Å². The Morgan fingerprint density at radius 3 is 2.75 bits per heavy atom. The molecule has 0 aliphatic rings. The van der Waals surface area contributed by atoms with Crippen LogP contribution in [-0.2, 0) is 6.61 Å². The third-order valence-corrected chi connectivity index (χ3v) is 2.10. The average Bonchev–Trinajstić information content (AvgIpc) is 2.38. The van der Waals surface area contributed by atoms with Gasteiger partial charge in [0.2, 0.25) is 0 Å². The molecule has 16 heavy (non-hydrogen) atoms. The van der Waals surface area contributed by atoms with E-state index in [1.54, 1.807) is 12.3 Å². The van der Waals surface area contributed by atoms with E-state index in [9.17, 15) is 0 Å². The summed E-state index contributed by atoms with van der Waals surface area (Å²) in [6.45, 7) is 0.480. The van der Waals surface area contributed by atoms with Gasteiger partial charge in [-0.1, -0.05) is 30.3 Å². The van der Waals surface area contributed by atoms with Crippen LogP contribution in [0.25, 0.3) is 0 Å². The summed E-state index contributed by atoms with van der Waals surface area (Å²) in [6.07, 6.45) is 1.67. The zero-order chi connectivity index (χ0) is 11.2. The van der Waals surface area contributed by atoms with E-state index in [0.717, 1.165) is 11.4 Å². The second kappa shape index (κ2) is 5.11. The molecule has 0 aliphatic heterocycles. The van der Waals surface area contributed by atoms with Gasteiger partial charge in [0.25, 0.3) is 0 Å². The molecule has 0 atom stereocenters. The molecule has 1 heterocycles. The molecule has 1 N–H and O–H groups in total. The molecule has 0 amide bonds. The molecule has 0 unspecified atom stereocenters. The summed E-state index contributed by atoms with van der Waals surface area (Å²) in [7, 11) is 1.81. The van der Waals surface area contributed by atoms with Crippen molar-refractivity contribution in [1.29, 1.82) is 0 Å². The van der Waals surface area contributed by atoms with Crippen molar-refractivity contribution >= 4 is 5.82 Å². The van der Waals surface area contributed by atoms with Crippen LogP contribution in [0.2, 0.25) is 0 Å². The first-order chi connectivity index (χ1) is 7.88. The summed E-state index contributed by atoms with van der Waals surface area (Å²) < 4.78 is 5.47. The molecule has 0 saturated carbocycles. The monoisotopic (exact) mass is 215 g/mol. The lowest BCUT2D eigenvalue weighted by Crippen LogP contribution is -2.01. The first kappa shape index (κ1) is 10.4. The molecular weight excluding hydrogens is 202 g/mol. The van der Waals surface area contributed by atoms with Crippen molar-refractivity contribution in [3.8, 4) is 6.01 Å². The van der Waals surface area contributed by atoms with E-state index in [2.05, 4.69) is 15.3 Å². The number of ether oxygens (including phenoxy) is 1. The highest BCUT2D eigenvalue weighted by Crippen LogP contribution is 2.09. The minimum Gasteiger partial charge on any atom is -0.459 e. The fourth-order valence-electron chi connectivity index (χ4n) is 1.27. The lowest BCUT2D eigenvalue weighted by molar-refractivity contribution is 0.281. The highest BCUT2D eigenvalue weighted by molar-refractivity contribution is 5.32. The van der Waals surface area contributed by atoms with E-state index in [-0.39, 0.29) is 0 Å². The highest BCUT2D eigenvalue weighted by Gasteiger charge is 1.99. The van der Waals surface area contributed by atoms with Crippen LogP contribution in [0.5, 0.6) is 6.01 Å². The van der Waals surface area contributed by atoms with Crippen molar-refractivity contribution in [3.05, 3.63) is 48.2 Å². The molecule has 0 aliphatic carbocycles. The molecular formula is C12H13N3O. The van der Waals surface area contributed by atoms with Gasteiger partial charge in [0.05, 0.1) is 0 Å². The Kier molecular flexibility index (Phi) is 3.33. The number of rotatable bonds is 4. The highest BCUT2D eigenvalue weighted by atomic mass is 16.5. The Balaban J connectivity index is 1.99. The first-order valence-corrected chi connectivity index (χ1v) is 5.06. The molecule has 4 nitrogen and oxygen atoms in total. The summed E-state index contributed by atoms with van der Waals surface area (Å²) in [6, 6.07) is 12.1. The van der Waals surface area contributed by atoms with Crippen LogP contribution in [0.1, 0.15) is 5.56 Å². The predicted molar refractivity (Wildman–Crippen MR) is 62.4 cm³/mol. The van der Waals surface area contributed by atoms with Gasteiger partial charge >= 0.3 is 6.01 Å². The Morgan fingerprint density at radius 2 is 2.00 bits per heavy atom. The van der Waals surface area contributed by atoms with Gasteiger partial charge in [-0.05, 0) is 11.6 Å². The Labute approximate surface area is 94.3 Å². The molecule has 0 radical (unpaired) electrons. The zero-order valence-corrected chi connectivity index (χ0v) is 9.05. The minimum absolute atomic E-state index is 0.385. The Hall–Kier alpha value is -2.10. The summed E-state index contributed by atoms with van der Waals surface area (Å²) in [5.74, 6) is 0.748. The molecule has 4 heteroatoms. The average molecular weight is 215 g/mol. The maximum atomic E-state index is 5.47. The van der Waals surface area contributed by atoms with Gasteiger partial charge < -0.3 is 10.1 Å². The zero-order valence-electron chi connectivity index (χ0n) is 9.05. The molecule has 1 aromatic heterocycles. The number of anilines is 1. The van der Waals surface area contributed by atoms with E-state index in [1.165, 1.54) is 0 Å². The molecule has 2 aromatic rings. The molecule has 0 fully saturated rings. The topological polar surface area (TPSA) is 47.0 Å². The normalized spacial score (nSPS) is 9.81. The molecule has 0 bridgehead atoms. The van der Waals surface area contributed by atoms with Crippen molar-refractivity contribution in [2.45, 2.75) is 6.61 Å². The Bertz CT molecular complexity index is 445. The van der Waals surface area contributed by atoms with Gasteiger partial charge in [-0.25, -0.2) is 4.98 Å². The smallest absolute Gasteiger partial charge is 0.318 e. The number of nitrogens with zero attached hydrogens (tertiary/aromatic N) is 2. The number of hydrogen-bond donors (Lipinski definition) is 1. The van der Waals surface area contributed by atoms with E-state index in [1.807, 2.05) is 37.4 Å². The summed E-state index contributed by atoms with van der Waals surface area (Å²) in [5.41, 5.74) is 1.10. The van der Waals surface area contributed by atoms with Gasteiger partial charge in [-0.3, -0.25) is 0 Å². The molecule has 1 aromatic carbocycles. The lowest BCUT2D eigenvalue weighted by atomic mass is 10.2. The van der Waals surface area contributed by atoms with Crippen LogP contribution >= 0.6 is 0 Å². The van der Waals surface area contributed by atoms with Crippen molar-refractivity contribution in [3.63, 3.8) is 0 Å². The van der Waals surface area contributed by atoms with Gasteiger partial charge in [0.1, 0.15) is 12.4 Å². The van der Waals surface area contributed by atoms with E-state index >= 15 is 0 Å². The van der Waals surface area contributed by atoms with Crippen molar-refractivity contribution in [2.75, 3.05) is 12.4 Å². The number of nitrogens with one attached hydrogen (secondary N) is 1. The summed E-state index contributed by atoms with van der Waals surface area (Å²) in [5, 5.41) is 2.93. The number of hydrogen-bond acceptors (Lipinski definition) is 4. The van der Waals surface area contributed by atoms with Crippen LogP contribution in [0, 0.1) is 0 Å². The van der Waals surface area contributed by atoms with Gasteiger partial charge in [-0.2, -0.15) is 4.98 Å². The third-order valence-electron chi connectivity index (χ3n) is 2.10. The maximum Gasteiger partial charge on any atom is 0.318 e. The van der Waals surface area contributed by atoms with Crippen LogP contribution in [-0.4, -0.2) is 17.0 Å². The second-order valence-electron chi connectivity index (χ2n) is 3.25. The Morgan fingerprint density at radius 1 is 1.19 bits per heavy atom. The number of benzene rings is 1. The molecule has 0 saturated heterocycles. The number of aromatic nitrogens is 2. The van der Waals surface area contributed by atoms with Gasteiger partial charge in [0, 0.05) is 13.2 Å². The van der Waals surface area contributed by atoms with Gasteiger partial charge in [-0.15, -0.1) is 0 Å². The summed E-state index contributed by atoms with van der Waals surface area (Å²) in [4.78, 5) is 8.19.